The van der Waals surface area contributed by atoms with E-state index in [1.165, 1.54) is 14.0 Å². The summed E-state index contributed by atoms with van der Waals surface area (Å²) < 4.78 is 1.54. The summed E-state index contributed by atoms with van der Waals surface area (Å²) in [6.45, 7) is 1.35. The molecule has 2 amide bonds. The molecule has 1 aromatic rings. The molecule has 5 nitrogen and oxygen atoms in total. The molecule has 0 aliphatic carbocycles. The van der Waals surface area contributed by atoms with Crippen molar-refractivity contribution in [2.45, 2.75) is 6.92 Å². The van der Waals surface area contributed by atoms with Gasteiger partial charge >= 0.3 is 0 Å². The van der Waals surface area contributed by atoms with Crippen molar-refractivity contribution >= 4 is 102 Å². The van der Waals surface area contributed by atoms with E-state index in [0.29, 0.717) is 22.0 Å². The molecule has 108 valence electrons. The van der Waals surface area contributed by atoms with Gasteiger partial charge in [-0.2, -0.15) is 0 Å². The largest absolute Gasteiger partial charge is 0.355 e. The number of hydrogen-bond acceptors (Lipinski definition) is 3. The Morgan fingerprint density at radius 2 is 1.50 bits per heavy atom. The van der Waals surface area contributed by atoms with E-state index >= 15 is 0 Å². The van der Waals surface area contributed by atoms with Gasteiger partial charge in [0.25, 0.3) is 11.1 Å². The summed E-state index contributed by atoms with van der Waals surface area (Å²) in [7, 11) is 1.49. The van der Waals surface area contributed by atoms with Gasteiger partial charge in [-0.3, -0.25) is 14.4 Å². The Morgan fingerprint density at radius 1 is 1.00 bits per heavy atom. The van der Waals surface area contributed by atoms with Gasteiger partial charge in [0.1, 0.15) is 0 Å². The van der Waals surface area contributed by atoms with Gasteiger partial charge in [-0.05, 0) is 79.4 Å². The third-order valence-electron chi connectivity index (χ3n) is 2.27. The molecule has 0 spiro atoms. The number of amides is 2. The molecule has 1 aromatic carbocycles. The molecule has 2 N–H and O–H groups in total. The van der Waals surface area contributed by atoms with Gasteiger partial charge in [-0.25, -0.2) is 0 Å². The van der Waals surface area contributed by atoms with Crippen LogP contribution in [-0.2, 0) is 4.79 Å². The molecule has 0 saturated heterocycles. The molecule has 1 rings (SSSR count). The highest BCUT2D eigenvalue weighted by Crippen LogP contribution is 2.36. The Morgan fingerprint density at radius 3 is 1.90 bits per heavy atom. The Balaban J connectivity index is 3.78. The van der Waals surface area contributed by atoms with Crippen LogP contribution in [-0.4, -0.2) is 24.1 Å². The van der Waals surface area contributed by atoms with Crippen molar-refractivity contribution < 1.29 is 14.4 Å². The molecule has 0 heterocycles. The topological polar surface area (TPSA) is 75.3 Å². The minimum Gasteiger partial charge on any atom is -0.355 e. The van der Waals surface area contributed by atoms with Gasteiger partial charge < -0.3 is 10.6 Å². The van der Waals surface area contributed by atoms with Gasteiger partial charge in [-0.1, -0.05) is 0 Å². The van der Waals surface area contributed by atoms with E-state index in [9.17, 15) is 14.4 Å². The molecular weight excluding hydrogens is 624 g/mol. The molecule has 20 heavy (non-hydrogen) atoms. The molecule has 0 saturated carbocycles. The number of nitrogens with one attached hydrogen (secondary N) is 2. The van der Waals surface area contributed by atoms with Crippen molar-refractivity contribution in [2.24, 2.45) is 0 Å². The second-order valence-corrected chi connectivity index (χ2v) is 7.18. The first kappa shape index (κ1) is 18.4. The number of benzene rings is 1. The zero-order valence-electron chi connectivity index (χ0n) is 10.2. The van der Waals surface area contributed by atoms with Crippen LogP contribution in [0.15, 0.2) is 0 Å². The lowest BCUT2D eigenvalue weighted by Crippen LogP contribution is -2.24. The molecule has 0 atom stereocenters. The number of hydrogen-bond donors (Lipinski definition) is 2. The minimum absolute atomic E-state index is 0.218. The lowest BCUT2D eigenvalue weighted by Gasteiger charge is -2.17. The van der Waals surface area contributed by atoms with Crippen LogP contribution in [0.5, 0.6) is 0 Å². The van der Waals surface area contributed by atoms with Crippen LogP contribution in [0.1, 0.15) is 27.6 Å². The molecule has 0 radical (unpaired) electrons. The Hall–Kier alpha value is 0.310. The molecule has 0 aromatic heterocycles. The zero-order valence-corrected chi connectivity index (χ0v) is 17.5. The van der Waals surface area contributed by atoms with Crippen LogP contribution in [0.4, 0.5) is 5.69 Å². The van der Waals surface area contributed by atoms with Crippen molar-refractivity contribution in [3.05, 3.63) is 21.8 Å². The third kappa shape index (κ3) is 3.74. The molecule has 0 unspecified atom stereocenters. The van der Waals surface area contributed by atoms with Crippen LogP contribution in [0.3, 0.4) is 0 Å². The van der Waals surface area contributed by atoms with Gasteiger partial charge in [-0.15, -0.1) is 0 Å². The molecule has 0 aliphatic rings. The number of anilines is 1. The number of carbonyl (C=O) groups is 3. The summed E-state index contributed by atoms with van der Waals surface area (Å²) in [4.78, 5) is 34.9. The van der Waals surface area contributed by atoms with Crippen molar-refractivity contribution in [1.29, 1.82) is 0 Å². The van der Waals surface area contributed by atoms with Gasteiger partial charge in [0, 0.05) is 17.5 Å². The van der Waals surface area contributed by atoms with Crippen LogP contribution in [0, 0.1) is 10.7 Å². The van der Waals surface area contributed by atoms with Gasteiger partial charge in [0.2, 0.25) is 5.91 Å². The molecule has 9 heteroatoms. The second kappa shape index (κ2) is 7.54. The number of carbonyl (C=O) groups excluding carboxylic acids is 3. The minimum atomic E-state index is -0.674. The van der Waals surface area contributed by atoms with E-state index in [1.54, 1.807) is 0 Å². The third-order valence-corrected chi connectivity index (χ3v) is 5.69. The fourth-order valence-electron chi connectivity index (χ4n) is 1.45. The lowest BCUT2D eigenvalue weighted by atomic mass is 10.1. The molecular formula is C11H8ClI3N2O3. The van der Waals surface area contributed by atoms with Crippen LogP contribution in [0.25, 0.3) is 0 Å². The maximum absolute atomic E-state index is 12.0. The fourth-order valence-corrected chi connectivity index (χ4v) is 6.37. The zero-order chi connectivity index (χ0) is 15.6. The lowest BCUT2D eigenvalue weighted by molar-refractivity contribution is -0.114. The smallest absolute Gasteiger partial charge is 0.254 e. The van der Waals surface area contributed by atoms with Crippen molar-refractivity contribution in [1.82, 2.24) is 5.32 Å². The second-order valence-electron chi connectivity index (χ2n) is 3.60. The maximum Gasteiger partial charge on any atom is 0.254 e. The standard InChI is InChI=1S/C11H8ClI3N2O3/c1-3(18)17-9-7(14)4(10(12)19)6(13)5(8(9)15)11(20)16-2/h1-2H3,(H,16,20)(H,17,18). The SMILES string of the molecule is CNC(=O)c1c(I)c(NC(C)=O)c(I)c(C(=O)Cl)c1I. The summed E-state index contributed by atoms with van der Waals surface area (Å²) in [6, 6.07) is 0. The Labute approximate surface area is 161 Å². The average molecular weight is 632 g/mol. The van der Waals surface area contributed by atoms with Crippen molar-refractivity contribution in [3.63, 3.8) is 0 Å². The highest BCUT2D eigenvalue weighted by atomic mass is 127. The molecule has 0 bridgehead atoms. The first-order valence-corrected chi connectivity index (χ1v) is 8.73. The van der Waals surface area contributed by atoms with E-state index in [2.05, 4.69) is 10.6 Å². The van der Waals surface area contributed by atoms with Crippen molar-refractivity contribution in [2.75, 3.05) is 12.4 Å². The maximum atomic E-state index is 12.0. The predicted molar refractivity (Wildman–Crippen MR) is 102 cm³/mol. The Kier molecular flexibility index (Phi) is 6.92. The van der Waals surface area contributed by atoms with Crippen LogP contribution >= 0.6 is 79.4 Å². The Bertz CT molecular complexity index is 620. The van der Waals surface area contributed by atoms with Crippen molar-refractivity contribution in [3.8, 4) is 0 Å². The van der Waals surface area contributed by atoms with E-state index in [-0.39, 0.29) is 17.4 Å². The van der Waals surface area contributed by atoms with E-state index < -0.39 is 5.24 Å². The van der Waals surface area contributed by atoms with Gasteiger partial charge in [0.05, 0.1) is 24.0 Å². The fraction of sp³-hybridized carbons (Fsp3) is 0.182. The summed E-state index contributed by atoms with van der Waals surface area (Å²) >= 11 is 11.4. The van der Waals surface area contributed by atoms with Gasteiger partial charge in [0.15, 0.2) is 0 Å². The first-order chi connectivity index (χ1) is 9.22. The molecule has 0 fully saturated rings. The van der Waals surface area contributed by atoms with Crippen LogP contribution < -0.4 is 10.6 Å². The summed E-state index contributed by atoms with van der Waals surface area (Å²) in [5, 5.41) is 4.47. The molecule has 0 aliphatic heterocycles. The first-order valence-electron chi connectivity index (χ1n) is 5.12. The normalized spacial score (nSPS) is 10.1. The predicted octanol–water partition coefficient (Wildman–Crippen LogP) is 3.20. The van der Waals surface area contributed by atoms with E-state index in [1.807, 2.05) is 67.8 Å². The number of rotatable bonds is 3. The van der Waals surface area contributed by atoms with Crippen LogP contribution in [0.2, 0.25) is 0 Å². The monoisotopic (exact) mass is 632 g/mol. The highest BCUT2D eigenvalue weighted by molar-refractivity contribution is 14.1. The average Bonchev–Trinajstić information content (AvgIpc) is 2.33. The summed E-state index contributed by atoms with van der Waals surface area (Å²) in [5.74, 6) is -0.640. The summed E-state index contributed by atoms with van der Waals surface area (Å²) in [6.07, 6.45) is 0. The van der Waals surface area contributed by atoms with E-state index in [0.717, 1.165) is 0 Å². The number of halogens is 4. The van der Waals surface area contributed by atoms with E-state index in [4.69, 9.17) is 11.6 Å². The highest BCUT2D eigenvalue weighted by Gasteiger charge is 2.26. The quantitative estimate of drug-likeness (QED) is 0.398. The summed E-state index contributed by atoms with van der Waals surface area (Å²) in [5.41, 5.74) is 0.958.